The van der Waals surface area contributed by atoms with Crippen LogP contribution in [-0.4, -0.2) is 30.5 Å². The van der Waals surface area contributed by atoms with Gasteiger partial charge in [0, 0.05) is 16.8 Å². The zero-order valence-corrected chi connectivity index (χ0v) is 14.4. The number of aromatic nitrogens is 2. The summed E-state index contributed by atoms with van der Waals surface area (Å²) in [6.07, 6.45) is 1.12. The van der Waals surface area contributed by atoms with E-state index in [0.717, 1.165) is 10.7 Å². The molecule has 0 fully saturated rings. The summed E-state index contributed by atoms with van der Waals surface area (Å²) in [4.78, 5) is 0.0203. The summed E-state index contributed by atoms with van der Waals surface area (Å²) in [5.41, 5.74) is 6.70. The second-order valence-electron chi connectivity index (χ2n) is 5.00. The molecule has 2 rings (SSSR count). The lowest BCUT2D eigenvalue weighted by Crippen LogP contribution is -2.13. The van der Waals surface area contributed by atoms with E-state index < -0.39 is 9.84 Å². The van der Waals surface area contributed by atoms with Crippen LogP contribution in [0.5, 0.6) is 0 Å². The van der Waals surface area contributed by atoms with Crippen LogP contribution in [0.2, 0.25) is 0 Å². The summed E-state index contributed by atoms with van der Waals surface area (Å²) in [5.74, 6) is 0.355. The van der Waals surface area contributed by atoms with E-state index in [9.17, 15) is 8.42 Å². The van der Waals surface area contributed by atoms with Crippen LogP contribution in [0.3, 0.4) is 0 Å². The van der Waals surface area contributed by atoms with Crippen LogP contribution < -0.4 is 11.1 Å². The number of hydrogen-bond acceptors (Lipinski definition) is 5. The molecule has 0 aliphatic carbocycles. The van der Waals surface area contributed by atoms with Crippen LogP contribution >= 0.6 is 15.9 Å². The third-order valence-electron chi connectivity index (χ3n) is 2.75. The van der Waals surface area contributed by atoms with Crippen LogP contribution in [0.4, 0.5) is 11.6 Å². The molecule has 21 heavy (non-hydrogen) atoms. The number of nitrogens with two attached hydrogens (primary N) is 1. The molecule has 0 aliphatic rings. The maximum absolute atomic E-state index is 12.0. The maximum Gasteiger partial charge on any atom is 0.182 e. The number of halogens is 1. The smallest absolute Gasteiger partial charge is 0.182 e. The zero-order valence-electron chi connectivity index (χ0n) is 12.0. The van der Waals surface area contributed by atoms with Crippen molar-refractivity contribution in [3.05, 3.63) is 28.7 Å². The van der Waals surface area contributed by atoms with Crippen LogP contribution in [0.15, 0.2) is 33.6 Å². The average molecular weight is 373 g/mol. The van der Waals surface area contributed by atoms with Gasteiger partial charge in [0.1, 0.15) is 5.82 Å². The fourth-order valence-electron chi connectivity index (χ4n) is 1.96. The molecule has 6 nitrogen and oxygen atoms in total. The molecule has 0 saturated heterocycles. The van der Waals surface area contributed by atoms with E-state index in [1.807, 2.05) is 32.0 Å². The van der Waals surface area contributed by atoms with E-state index in [1.54, 1.807) is 6.07 Å². The van der Waals surface area contributed by atoms with E-state index >= 15 is 0 Å². The molecule has 0 bridgehead atoms. The van der Waals surface area contributed by atoms with E-state index in [4.69, 9.17) is 5.73 Å². The van der Waals surface area contributed by atoms with Gasteiger partial charge in [-0.1, -0.05) is 12.1 Å². The second-order valence-corrected chi connectivity index (χ2v) is 7.80. The molecule has 0 saturated carbocycles. The normalized spacial score (nSPS) is 11.9. The van der Waals surface area contributed by atoms with E-state index in [1.165, 1.54) is 4.68 Å². The summed E-state index contributed by atoms with van der Waals surface area (Å²) in [7, 11) is -3.50. The number of hydrogen-bond donors (Lipinski definition) is 2. The van der Waals surface area contributed by atoms with Crippen molar-refractivity contribution < 1.29 is 8.42 Å². The Balaban J connectivity index is 2.71. The molecular formula is C13H17BrN4O2S. The SMILES string of the molecule is CC(C)Nc1nn(-c2ccccc2Br)c(N)c1S(C)(=O)=O. The highest BCUT2D eigenvalue weighted by atomic mass is 79.9. The molecule has 0 aliphatic heterocycles. The molecule has 0 atom stereocenters. The highest BCUT2D eigenvalue weighted by Gasteiger charge is 2.25. The Morgan fingerprint density at radius 2 is 1.95 bits per heavy atom. The van der Waals surface area contributed by atoms with Gasteiger partial charge in [-0.2, -0.15) is 0 Å². The molecule has 2 aromatic rings. The van der Waals surface area contributed by atoms with Crippen molar-refractivity contribution in [3.63, 3.8) is 0 Å². The van der Waals surface area contributed by atoms with Gasteiger partial charge in [0.05, 0.1) is 5.69 Å². The van der Waals surface area contributed by atoms with Crippen molar-refractivity contribution in [2.75, 3.05) is 17.3 Å². The van der Waals surface area contributed by atoms with Crippen molar-refractivity contribution in [3.8, 4) is 5.69 Å². The molecule has 0 radical (unpaired) electrons. The predicted molar refractivity (Wildman–Crippen MR) is 87.5 cm³/mol. The molecule has 3 N–H and O–H groups in total. The van der Waals surface area contributed by atoms with Crippen LogP contribution in [0.1, 0.15) is 13.8 Å². The quantitative estimate of drug-likeness (QED) is 0.859. The summed E-state index contributed by atoms with van der Waals surface area (Å²) >= 11 is 3.42. The molecule has 1 aromatic heterocycles. The third-order valence-corrected chi connectivity index (χ3v) is 4.57. The van der Waals surface area contributed by atoms with Crippen molar-refractivity contribution in [2.24, 2.45) is 0 Å². The van der Waals surface area contributed by atoms with Gasteiger partial charge in [0.25, 0.3) is 0 Å². The first-order valence-electron chi connectivity index (χ1n) is 6.31. The Labute approximate surface area is 132 Å². The number of benzene rings is 1. The van der Waals surface area contributed by atoms with Gasteiger partial charge >= 0.3 is 0 Å². The summed E-state index contributed by atoms with van der Waals surface area (Å²) in [6.45, 7) is 3.80. The average Bonchev–Trinajstić information content (AvgIpc) is 2.65. The van der Waals surface area contributed by atoms with Gasteiger partial charge in [0.2, 0.25) is 0 Å². The first kappa shape index (κ1) is 15.8. The fraction of sp³-hybridized carbons (Fsp3) is 0.308. The Morgan fingerprint density at radius 1 is 1.33 bits per heavy atom. The zero-order chi connectivity index (χ0) is 15.8. The Bertz CT molecular complexity index is 768. The molecule has 0 amide bonds. The summed E-state index contributed by atoms with van der Waals surface area (Å²) in [5, 5.41) is 7.34. The van der Waals surface area contributed by atoms with Gasteiger partial charge in [-0.15, -0.1) is 5.10 Å². The Morgan fingerprint density at radius 3 is 2.48 bits per heavy atom. The molecule has 1 aromatic carbocycles. The number of sulfone groups is 1. The number of para-hydroxylation sites is 1. The fourth-order valence-corrected chi connectivity index (χ4v) is 3.33. The lowest BCUT2D eigenvalue weighted by Gasteiger charge is -2.07. The number of nitrogens with zero attached hydrogens (tertiary/aromatic N) is 2. The van der Waals surface area contributed by atoms with Gasteiger partial charge in [-0.3, -0.25) is 0 Å². The minimum absolute atomic E-state index is 0.0203. The maximum atomic E-state index is 12.0. The lowest BCUT2D eigenvalue weighted by molar-refractivity contribution is 0.602. The lowest BCUT2D eigenvalue weighted by atomic mass is 10.3. The minimum atomic E-state index is -3.50. The van der Waals surface area contributed by atoms with Crippen molar-refractivity contribution >= 4 is 37.4 Å². The molecule has 0 spiro atoms. The number of nitrogen functional groups attached to an aromatic ring is 1. The number of anilines is 2. The first-order valence-corrected chi connectivity index (χ1v) is 9.00. The second kappa shape index (κ2) is 5.69. The molecular weight excluding hydrogens is 356 g/mol. The van der Waals surface area contributed by atoms with Gasteiger partial charge in [-0.25, -0.2) is 13.1 Å². The Hall–Kier alpha value is -1.54. The highest BCUT2D eigenvalue weighted by molar-refractivity contribution is 9.10. The third kappa shape index (κ3) is 3.21. The van der Waals surface area contributed by atoms with E-state index in [2.05, 4.69) is 26.3 Å². The van der Waals surface area contributed by atoms with Gasteiger partial charge in [-0.05, 0) is 41.9 Å². The van der Waals surface area contributed by atoms with Crippen LogP contribution in [0.25, 0.3) is 5.69 Å². The standard InChI is InChI=1S/C13H17BrN4O2S/c1-8(2)16-13-11(21(3,19)20)12(15)18(17-13)10-7-5-4-6-9(10)14/h4-8H,15H2,1-3H3,(H,16,17). The topological polar surface area (TPSA) is 90.0 Å². The minimum Gasteiger partial charge on any atom is -0.382 e. The Kier molecular flexibility index (Phi) is 4.29. The summed E-state index contributed by atoms with van der Waals surface area (Å²) < 4.78 is 26.2. The van der Waals surface area contributed by atoms with Crippen LogP contribution in [0, 0.1) is 0 Å². The molecule has 8 heteroatoms. The van der Waals surface area contributed by atoms with E-state index in [0.29, 0.717) is 5.69 Å². The van der Waals surface area contributed by atoms with Crippen LogP contribution in [-0.2, 0) is 9.84 Å². The number of nitrogens with one attached hydrogen (secondary N) is 1. The predicted octanol–water partition coefficient (Wildman–Crippen LogP) is 2.44. The summed E-state index contributed by atoms with van der Waals surface area (Å²) in [6, 6.07) is 7.37. The van der Waals surface area contributed by atoms with Gasteiger partial charge < -0.3 is 11.1 Å². The largest absolute Gasteiger partial charge is 0.382 e. The molecule has 0 unspecified atom stereocenters. The van der Waals surface area contributed by atoms with E-state index in [-0.39, 0.29) is 22.6 Å². The molecule has 1 heterocycles. The van der Waals surface area contributed by atoms with Crippen molar-refractivity contribution in [1.82, 2.24) is 9.78 Å². The number of rotatable bonds is 4. The first-order chi connectivity index (χ1) is 9.71. The van der Waals surface area contributed by atoms with Crippen molar-refractivity contribution in [2.45, 2.75) is 24.8 Å². The van der Waals surface area contributed by atoms with Gasteiger partial charge in [0.15, 0.2) is 20.6 Å². The monoisotopic (exact) mass is 372 g/mol. The molecule has 114 valence electrons. The van der Waals surface area contributed by atoms with Crippen molar-refractivity contribution in [1.29, 1.82) is 0 Å². The highest BCUT2D eigenvalue weighted by Crippen LogP contribution is 2.32.